The molecule has 1 aromatic carbocycles. The number of ether oxygens (including phenoxy) is 1. The topological polar surface area (TPSA) is 103 Å². The third-order valence-electron chi connectivity index (χ3n) is 4.33. The maximum Gasteiger partial charge on any atom is 0.417 e. The molecule has 8 nitrogen and oxygen atoms in total. The summed E-state index contributed by atoms with van der Waals surface area (Å²) in [5, 5.41) is 0. The van der Waals surface area contributed by atoms with Gasteiger partial charge in [-0.25, -0.2) is 14.7 Å². The van der Waals surface area contributed by atoms with Crippen LogP contribution in [0.4, 0.5) is 10.5 Å². The highest BCUT2D eigenvalue weighted by molar-refractivity contribution is 6.11. The van der Waals surface area contributed by atoms with Crippen LogP contribution >= 0.6 is 0 Å². The monoisotopic (exact) mass is 365 g/mol. The number of carbonyl (C=O) groups excluding carboxylic acids is 2. The van der Waals surface area contributed by atoms with Gasteiger partial charge in [-0.15, -0.1) is 0 Å². The van der Waals surface area contributed by atoms with E-state index >= 15 is 0 Å². The van der Waals surface area contributed by atoms with E-state index in [-0.39, 0.29) is 6.54 Å². The second kappa shape index (κ2) is 5.80. The molecule has 0 unspecified atom stereocenters. The lowest BCUT2D eigenvalue weighted by atomic mass is 9.99. The lowest BCUT2D eigenvalue weighted by molar-refractivity contribution is 0.0248. The fourth-order valence-corrected chi connectivity index (χ4v) is 3.19. The van der Waals surface area contributed by atoms with Gasteiger partial charge in [-0.2, -0.15) is 0 Å². The lowest BCUT2D eigenvalue weighted by Gasteiger charge is -2.23. The van der Waals surface area contributed by atoms with E-state index in [9.17, 15) is 9.59 Å². The van der Waals surface area contributed by atoms with E-state index in [0.29, 0.717) is 22.5 Å². The van der Waals surface area contributed by atoms with E-state index in [4.69, 9.17) is 10.5 Å². The number of hydrogen-bond donors (Lipinski definition) is 1. The van der Waals surface area contributed by atoms with Gasteiger partial charge in [0.25, 0.3) is 5.91 Å². The number of rotatable bonds is 1. The maximum atomic E-state index is 12.8. The predicted molar refractivity (Wildman–Crippen MR) is 98.9 cm³/mol. The SMILES string of the molecule is CC(C)(C)OC(=O)N1Cc2c(-c3cnc4cnccn34)ccc(N)c2C1=O. The van der Waals surface area contributed by atoms with Crippen molar-refractivity contribution in [3.8, 4) is 11.3 Å². The number of fused-ring (bicyclic) bond motifs is 2. The van der Waals surface area contributed by atoms with Crippen molar-refractivity contribution in [1.29, 1.82) is 0 Å². The largest absolute Gasteiger partial charge is 0.443 e. The highest BCUT2D eigenvalue weighted by Gasteiger charge is 2.38. The summed E-state index contributed by atoms with van der Waals surface area (Å²) in [6.45, 7) is 5.36. The van der Waals surface area contributed by atoms with Crippen molar-refractivity contribution in [2.75, 3.05) is 5.73 Å². The highest BCUT2D eigenvalue weighted by atomic mass is 16.6. The van der Waals surface area contributed by atoms with Crippen molar-refractivity contribution in [2.45, 2.75) is 32.9 Å². The Bertz CT molecular complexity index is 1080. The molecule has 3 aromatic rings. The molecule has 138 valence electrons. The zero-order valence-electron chi connectivity index (χ0n) is 15.3. The summed E-state index contributed by atoms with van der Waals surface area (Å²) in [4.78, 5) is 34.8. The third kappa shape index (κ3) is 2.79. The van der Waals surface area contributed by atoms with Crippen LogP contribution in [0.25, 0.3) is 16.9 Å². The number of nitrogens with zero attached hydrogens (tertiary/aromatic N) is 4. The summed E-state index contributed by atoms with van der Waals surface area (Å²) in [6.07, 6.45) is 6.13. The van der Waals surface area contributed by atoms with Crippen LogP contribution < -0.4 is 5.73 Å². The first-order valence-electron chi connectivity index (χ1n) is 8.50. The fourth-order valence-electron chi connectivity index (χ4n) is 3.19. The van der Waals surface area contributed by atoms with Crippen molar-refractivity contribution in [1.82, 2.24) is 19.3 Å². The van der Waals surface area contributed by atoms with E-state index in [2.05, 4.69) is 9.97 Å². The van der Waals surface area contributed by atoms with Crippen molar-refractivity contribution in [3.05, 3.63) is 48.0 Å². The molecule has 4 rings (SSSR count). The molecule has 27 heavy (non-hydrogen) atoms. The molecule has 2 N–H and O–H groups in total. The van der Waals surface area contributed by atoms with Crippen LogP contribution in [0.5, 0.6) is 0 Å². The average molecular weight is 365 g/mol. The van der Waals surface area contributed by atoms with Gasteiger partial charge in [-0.05, 0) is 32.4 Å². The minimum atomic E-state index is -0.699. The van der Waals surface area contributed by atoms with E-state index < -0.39 is 17.6 Å². The smallest absolute Gasteiger partial charge is 0.417 e. The summed E-state index contributed by atoms with van der Waals surface area (Å²) in [7, 11) is 0. The summed E-state index contributed by atoms with van der Waals surface area (Å²) >= 11 is 0. The van der Waals surface area contributed by atoms with Gasteiger partial charge in [0.05, 0.1) is 30.2 Å². The highest BCUT2D eigenvalue weighted by Crippen LogP contribution is 2.36. The Morgan fingerprint density at radius 1 is 1.26 bits per heavy atom. The first kappa shape index (κ1) is 17.0. The average Bonchev–Trinajstić information content (AvgIpc) is 3.16. The zero-order valence-corrected chi connectivity index (χ0v) is 15.3. The van der Waals surface area contributed by atoms with Gasteiger partial charge in [-0.1, -0.05) is 6.07 Å². The quantitative estimate of drug-likeness (QED) is 0.665. The molecule has 0 fully saturated rings. The second-order valence-corrected chi connectivity index (χ2v) is 7.38. The van der Waals surface area contributed by atoms with Crippen molar-refractivity contribution < 1.29 is 14.3 Å². The summed E-state index contributed by atoms with van der Waals surface area (Å²) in [6, 6.07) is 3.51. The van der Waals surface area contributed by atoms with Crippen LogP contribution in [0.1, 0.15) is 36.7 Å². The van der Waals surface area contributed by atoms with Crippen LogP contribution in [0.2, 0.25) is 0 Å². The fraction of sp³-hybridized carbons (Fsp3) is 0.263. The molecule has 1 aliphatic heterocycles. The molecular formula is C19H19N5O3. The minimum absolute atomic E-state index is 0.0990. The van der Waals surface area contributed by atoms with Gasteiger partial charge in [0.15, 0.2) is 5.65 Å². The van der Waals surface area contributed by atoms with Crippen molar-refractivity contribution in [3.63, 3.8) is 0 Å². The Labute approximate surface area is 155 Å². The van der Waals surface area contributed by atoms with Gasteiger partial charge in [0.2, 0.25) is 0 Å². The molecule has 3 heterocycles. The van der Waals surface area contributed by atoms with Gasteiger partial charge < -0.3 is 10.5 Å². The normalized spacial score (nSPS) is 13.9. The molecule has 8 heteroatoms. The molecule has 0 saturated carbocycles. The van der Waals surface area contributed by atoms with E-state index in [1.54, 1.807) is 51.6 Å². The third-order valence-corrected chi connectivity index (χ3v) is 4.33. The Balaban J connectivity index is 1.81. The van der Waals surface area contributed by atoms with Crippen LogP contribution in [0, 0.1) is 0 Å². The van der Waals surface area contributed by atoms with Gasteiger partial charge >= 0.3 is 6.09 Å². The van der Waals surface area contributed by atoms with Crippen LogP contribution in [0.15, 0.2) is 36.9 Å². The number of aromatic nitrogens is 3. The van der Waals surface area contributed by atoms with Crippen molar-refractivity contribution >= 4 is 23.3 Å². The number of imide groups is 1. The van der Waals surface area contributed by atoms with Crippen LogP contribution in [0.3, 0.4) is 0 Å². The number of amides is 2. The number of nitrogen functional groups attached to an aromatic ring is 1. The molecule has 2 amide bonds. The molecule has 0 radical (unpaired) electrons. The summed E-state index contributed by atoms with van der Waals surface area (Å²) < 4.78 is 7.24. The zero-order chi connectivity index (χ0) is 19.3. The molecule has 2 aromatic heterocycles. The molecular weight excluding hydrogens is 346 g/mol. The number of nitrogens with two attached hydrogens (primary N) is 1. The molecule has 0 bridgehead atoms. The van der Waals surface area contributed by atoms with E-state index in [1.807, 2.05) is 10.5 Å². The molecule has 0 spiro atoms. The number of carbonyl (C=O) groups is 2. The predicted octanol–water partition coefficient (Wildman–Crippen LogP) is 2.87. The first-order chi connectivity index (χ1) is 12.8. The maximum absolute atomic E-state index is 12.8. The standard InChI is InChI=1S/C19H19N5O3/c1-19(2,3)27-18(26)24-10-12-11(4-5-13(20)16(12)17(24)25)14-8-22-15-9-21-6-7-23(14)15/h4-9H,10,20H2,1-3H3. The van der Waals surface area contributed by atoms with Crippen molar-refractivity contribution in [2.24, 2.45) is 0 Å². The Hall–Kier alpha value is -3.42. The number of imidazole rings is 1. The van der Waals surface area contributed by atoms with Crippen LogP contribution in [-0.4, -0.2) is 36.9 Å². The summed E-state index contributed by atoms with van der Waals surface area (Å²) in [5.74, 6) is -0.450. The Kier molecular flexibility index (Phi) is 3.66. The van der Waals surface area contributed by atoms with E-state index in [0.717, 1.165) is 16.2 Å². The van der Waals surface area contributed by atoms with Gasteiger partial charge in [0.1, 0.15) is 5.60 Å². The second-order valence-electron chi connectivity index (χ2n) is 7.38. The summed E-state index contributed by atoms with van der Waals surface area (Å²) in [5.41, 5.74) is 8.98. The molecule has 1 aliphatic rings. The molecule has 0 saturated heterocycles. The number of benzene rings is 1. The Morgan fingerprint density at radius 2 is 2.04 bits per heavy atom. The molecule has 0 atom stereocenters. The van der Waals surface area contributed by atoms with Gasteiger partial charge in [0, 0.05) is 23.6 Å². The Morgan fingerprint density at radius 3 is 2.78 bits per heavy atom. The van der Waals surface area contributed by atoms with E-state index in [1.165, 1.54) is 0 Å². The number of anilines is 1. The first-order valence-corrected chi connectivity index (χ1v) is 8.50. The number of hydrogen-bond acceptors (Lipinski definition) is 6. The minimum Gasteiger partial charge on any atom is -0.443 e. The van der Waals surface area contributed by atoms with Gasteiger partial charge in [-0.3, -0.25) is 14.2 Å². The molecule has 0 aliphatic carbocycles. The van der Waals surface area contributed by atoms with Crippen LogP contribution in [-0.2, 0) is 11.3 Å². The lowest BCUT2D eigenvalue weighted by Crippen LogP contribution is -2.37.